The molecule has 2 rings (SSSR count). The van der Waals surface area contributed by atoms with Gasteiger partial charge >= 0.3 is 0 Å². The topological polar surface area (TPSA) is 33.1 Å². The van der Waals surface area contributed by atoms with Gasteiger partial charge in [0, 0.05) is 29.3 Å². The van der Waals surface area contributed by atoms with E-state index in [2.05, 4.69) is 4.98 Å². The van der Waals surface area contributed by atoms with Crippen molar-refractivity contribution in [2.45, 2.75) is 19.4 Å². The zero-order chi connectivity index (χ0) is 11.5. The van der Waals surface area contributed by atoms with E-state index in [1.807, 2.05) is 25.1 Å². The van der Waals surface area contributed by atoms with Crippen molar-refractivity contribution in [3.05, 3.63) is 50.9 Å². The van der Waals surface area contributed by atoms with E-state index in [0.29, 0.717) is 6.42 Å². The molecule has 4 heteroatoms. The van der Waals surface area contributed by atoms with Crippen molar-refractivity contribution in [3.63, 3.8) is 0 Å². The van der Waals surface area contributed by atoms with E-state index in [0.717, 1.165) is 20.3 Å². The monoisotopic (exact) mass is 253 g/mol. The molecule has 84 valence electrons. The van der Waals surface area contributed by atoms with Crippen LogP contribution in [0.25, 0.3) is 0 Å². The zero-order valence-corrected chi connectivity index (χ0v) is 10.4. The fourth-order valence-corrected chi connectivity index (χ4v) is 2.71. The molecule has 0 aliphatic carbocycles. The molecule has 1 N–H and O–H groups in total. The van der Waals surface area contributed by atoms with Gasteiger partial charge in [-0.3, -0.25) is 4.98 Å². The van der Waals surface area contributed by atoms with Crippen LogP contribution in [0.3, 0.4) is 0 Å². The van der Waals surface area contributed by atoms with Crippen molar-refractivity contribution >= 4 is 22.9 Å². The van der Waals surface area contributed by atoms with Gasteiger partial charge in [0.1, 0.15) is 0 Å². The van der Waals surface area contributed by atoms with Gasteiger partial charge < -0.3 is 5.11 Å². The summed E-state index contributed by atoms with van der Waals surface area (Å²) in [6.07, 6.45) is 3.52. The first-order valence-electron chi connectivity index (χ1n) is 4.99. The summed E-state index contributed by atoms with van der Waals surface area (Å²) in [5.41, 5.74) is 1.94. The van der Waals surface area contributed by atoms with Gasteiger partial charge in [0.15, 0.2) is 0 Å². The highest BCUT2D eigenvalue weighted by Gasteiger charge is 2.12. The molecule has 0 aliphatic rings. The predicted molar refractivity (Wildman–Crippen MR) is 67.0 cm³/mol. The Morgan fingerprint density at radius 2 is 2.25 bits per heavy atom. The molecule has 1 unspecified atom stereocenters. The van der Waals surface area contributed by atoms with E-state index >= 15 is 0 Å². The van der Waals surface area contributed by atoms with Crippen LogP contribution >= 0.6 is 22.9 Å². The first-order chi connectivity index (χ1) is 7.66. The number of aromatic nitrogens is 1. The Kier molecular flexibility index (Phi) is 3.59. The third-order valence-electron chi connectivity index (χ3n) is 2.46. The van der Waals surface area contributed by atoms with Crippen molar-refractivity contribution in [1.29, 1.82) is 0 Å². The Hall–Kier alpha value is -0.900. The molecule has 0 bridgehead atoms. The molecule has 2 heterocycles. The van der Waals surface area contributed by atoms with Gasteiger partial charge in [-0.25, -0.2) is 0 Å². The molecule has 0 radical (unpaired) electrons. The van der Waals surface area contributed by atoms with Crippen molar-refractivity contribution in [1.82, 2.24) is 4.98 Å². The lowest BCUT2D eigenvalue weighted by atomic mass is 10.0. The van der Waals surface area contributed by atoms with Crippen LogP contribution in [0.4, 0.5) is 0 Å². The summed E-state index contributed by atoms with van der Waals surface area (Å²) in [7, 11) is 0. The number of hydrogen-bond acceptors (Lipinski definition) is 3. The number of rotatable bonds is 3. The van der Waals surface area contributed by atoms with Crippen LogP contribution in [0.1, 0.15) is 22.1 Å². The average Bonchev–Trinajstić information content (AvgIpc) is 2.64. The molecule has 0 amide bonds. The Balaban J connectivity index is 2.14. The number of pyridine rings is 1. The summed E-state index contributed by atoms with van der Waals surface area (Å²) in [4.78, 5) is 5.11. The van der Waals surface area contributed by atoms with Crippen LogP contribution in [-0.4, -0.2) is 10.1 Å². The fourth-order valence-electron chi connectivity index (χ4n) is 1.59. The standard InChI is InChI=1S/C12H12ClNOS/c1-8-4-5-14-7-10(8)11(15)6-9-2-3-12(13)16-9/h2-5,7,11,15H,6H2,1H3. The summed E-state index contributed by atoms with van der Waals surface area (Å²) in [6, 6.07) is 5.70. The fraction of sp³-hybridized carbons (Fsp3) is 0.250. The van der Waals surface area contributed by atoms with Crippen LogP contribution in [0.15, 0.2) is 30.6 Å². The highest BCUT2D eigenvalue weighted by Crippen LogP contribution is 2.27. The zero-order valence-electron chi connectivity index (χ0n) is 8.85. The van der Waals surface area contributed by atoms with Crippen molar-refractivity contribution in [2.75, 3.05) is 0 Å². The summed E-state index contributed by atoms with van der Waals surface area (Å²) in [6.45, 7) is 1.97. The SMILES string of the molecule is Cc1ccncc1C(O)Cc1ccc(Cl)s1. The van der Waals surface area contributed by atoms with Crippen molar-refractivity contribution in [3.8, 4) is 0 Å². The normalized spacial score (nSPS) is 12.7. The number of thiophene rings is 1. The maximum absolute atomic E-state index is 10.1. The first kappa shape index (κ1) is 11.6. The third kappa shape index (κ3) is 2.61. The molecule has 0 spiro atoms. The molecule has 16 heavy (non-hydrogen) atoms. The van der Waals surface area contributed by atoms with Gasteiger partial charge in [-0.05, 0) is 30.7 Å². The molecule has 2 aromatic heterocycles. The third-order valence-corrected chi connectivity index (χ3v) is 3.72. The maximum atomic E-state index is 10.1. The molecule has 0 saturated carbocycles. The summed E-state index contributed by atoms with van der Waals surface area (Å²) in [5.74, 6) is 0. The van der Waals surface area contributed by atoms with E-state index in [-0.39, 0.29) is 0 Å². The van der Waals surface area contributed by atoms with Crippen LogP contribution in [0.2, 0.25) is 4.34 Å². The lowest BCUT2D eigenvalue weighted by Gasteiger charge is -2.11. The Bertz CT molecular complexity index is 483. The molecule has 0 saturated heterocycles. The second-order valence-corrected chi connectivity index (χ2v) is 5.46. The second-order valence-electron chi connectivity index (χ2n) is 3.66. The number of aryl methyl sites for hydroxylation is 1. The van der Waals surface area contributed by atoms with E-state index in [9.17, 15) is 5.11 Å². The molecule has 0 aromatic carbocycles. The van der Waals surface area contributed by atoms with Crippen LogP contribution < -0.4 is 0 Å². The highest BCUT2D eigenvalue weighted by atomic mass is 35.5. The smallest absolute Gasteiger partial charge is 0.0931 e. The van der Waals surface area contributed by atoms with E-state index in [1.54, 1.807) is 12.4 Å². The lowest BCUT2D eigenvalue weighted by Crippen LogP contribution is -2.03. The minimum atomic E-state index is -0.511. The molecule has 2 aromatic rings. The van der Waals surface area contributed by atoms with E-state index < -0.39 is 6.10 Å². The van der Waals surface area contributed by atoms with Gasteiger partial charge in [0.05, 0.1) is 10.4 Å². The number of aliphatic hydroxyl groups is 1. The minimum Gasteiger partial charge on any atom is -0.388 e. The summed E-state index contributed by atoms with van der Waals surface area (Å²) >= 11 is 7.35. The predicted octanol–water partition coefficient (Wildman–Crippen LogP) is 3.38. The summed E-state index contributed by atoms with van der Waals surface area (Å²) < 4.78 is 0.755. The van der Waals surface area contributed by atoms with Gasteiger partial charge in [0.2, 0.25) is 0 Å². The van der Waals surface area contributed by atoms with Crippen molar-refractivity contribution < 1.29 is 5.11 Å². The number of hydrogen-bond donors (Lipinski definition) is 1. The lowest BCUT2D eigenvalue weighted by molar-refractivity contribution is 0.178. The van der Waals surface area contributed by atoms with Gasteiger partial charge in [-0.1, -0.05) is 11.6 Å². The van der Waals surface area contributed by atoms with Crippen LogP contribution in [0.5, 0.6) is 0 Å². The molecule has 0 fully saturated rings. The highest BCUT2D eigenvalue weighted by molar-refractivity contribution is 7.16. The van der Waals surface area contributed by atoms with Crippen molar-refractivity contribution in [2.24, 2.45) is 0 Å². The Morgan fingerprint density at radius 3 is 2.88 bits per heavy atom. The largest absolute Gasteiger partial charge is 0.388 e. The molecule has 0 aliphatic heterocycles. The molecular formula is C12H12ClNOS. The summed E-state index contributed by atoms with van der Waals surface area (Å²) in [5, 5.41) is 10.1. The number of halogens is 1. The Morgan fingerprint density at radius 1 is 1.44 bits per heavy atom. The van der Waals surface area contributed by atoms with E-state index in [4.69, 9.17) is 11.6 Å². The maximum Gasteiger partial charge on any atom is 0.0931 e. The average molecular weight is 254 g/mol. The minimum absolute atomic E-state index is 0.511. The van der Waals surface area contributed by atoms with Crippen LogP contribution in [0, 0.1) is 6.92 Å². The quantitative estimate of drug-likeness (QED) is 0.910. The molecular weight excluding hydrogens is 242 g/mol. The molecule has 2 nitrogen and oxygen atoms in total. The van der Waals surface area contributed by atoms with Gasteiger partial charge in [-0.15, -0.1) is 11.3 Å². The second kappa shape index (κ2) is 4.95. The van der Waals surface area contributed by atoms with Gasteiger partial charge in [0.25, 0.3) is 0 Å². The molecule has 1 atom stereocenters. The van der Waals surface area contributed by atoms with E-state index in [1.165, 1.54) is 11.3 Å². The number of nitrogens with zero attached hydrogens (tertiary/aromatic N) is 1. The first-order valence-corrected chi connectivity index (χ1v) is 6.19. The Labute approximate surface area is 104 Å². The number of aliphatic hydroxyl groups excluding tert-OH is 1. The van der Waals surface area contributed by atoms with Gasteiger partial charge in [-0.2, -0.15) is 0 Å². The van der Waals surface area contributed by atoms with Crippen LogP contribution in [-0.2, 0) is 6.42 Å².